The Balaban J connectivity index is 1.20. The van der Waals surface area contributed by atoms with Crippen LogP contribution in [0, 0.1) is 36.5 Å². The molecule has 4 aliphatic rings. The average molecular weight is 694 g/mol. The van der Waals surface area contributed by atoms with Gasteiger partial charge in [-0.25, -0.2) is 0 Å². The number of carbonyl (C=O) groups excluding carboxylic acids is 2. The Bertz CT molecular complexity index is 1860. The molecule has 2 aliphatic carbocycles. The number of amides is 2. The molecule has 1 aromatic heterocycles. The topological polar surface area (TPSA) is 79.5 Å². The molecule has 10 heteroatoms. The maximum atomic E-state index is 14.0. The van der Waals surface area contributed by atoms with Gasteiger partial charge in [0.1, 0.15) is 12.4 Å². The lowest BCUT2D eigenvalue weighted by molar-refractivity contribution is -0.123. The molecule has 218 valence electrons. The van der Waals surface area contributed by atoms with E-state index in [9.17, 15) is 14.4 Å². The standard InChI is InChI=1S/C33H26BrClN2O4S2/c1-15-3-2-4-16(11-15)14-41-23-10-5-17(34)12-20(23)24-25-21-13-22(28(25)42-30-29(24)43-33(40)36-30)27-26(21)31(38)37(32(27)39)19-8-6-18(35)7-9-19/h2-12,21-22,24-28H,13-14H2,1H3,(H,36,40)/t21-,22-,24?,25?,26?,27?,28?/m1/s1. The fourth-order valence-corrected chi connectivity index (χ4v) is 11.5. The SMILES string of the molecule is Cc1cccc(COc2ccc(Br)cc2C2c3sc(=O)[nH]c3SC3C2[C@H]2C[C@@H]3C3C(=O)N(c4ccc(Cl)cc4)C(=O)C32)c1. The maximum Gasteiger partial charge on any atom is 0.305 e. The molecule has 1 N–H and O–H groups in total. The lowest BCUT2D eigenvalue weighted by Crippen LogP contribution is -2.42. The van der Waals surface area contributed by atoms with E-state index in [1.807, 2.05) is 18.2 Å². The number of nitrogens with one attached hydrogen (secondary N) is 1. The molecule has 6 nitrogen and oxygen atoms in total. The number of benzene rings is 3. The molecule has 2 bridgehead atoms. The summed E-state index contributed by atoms with van der Waals surface area (Å²) < 4.78 is 7.42. The van der Waals surface area contributed by atoms with Crippen LogP contribution in [0.4, 0.5) is 5.69 Å². The first kappa shape index (κ1) is 27.7. The first-order chi connectivity index (χ1) is 20.8. The summed E-state index contributed by atoms with van der Waals surface area (Å²) in [5.41, 5.74) is 3.83. The van der Waals surface area contributed by atoms with Crippen molar-refractivity contribution in [3.05, 3.63) is 107 Å². The van der Waals surface area contributed by atoms with E-state index in [4.69, 9.17) is 16.3 Å². The molecular weight excluding hydrogens is 668 g/mol. The molecule has 2 aliphatic heterocycles. The number of carbonyl (C=O) groups is 2. The van der Waals surface area contributed by atoms with Crippen molar-refractivity contribution in [2.45, 2.75) is 36.1 Å². The van der Waals surface area contributed by atoms with E-state index >= 15 is 0 Å². The monoisotopic (exact) mass is 692 g/mol. The van der Waals surface area contributed by atoms with Crippen LogP contribution in [0.25, 0.3) is 0 Å². The third-order valence-electron chi connectivity index (χ3n) is 9.59. The van der Waals surface area contributed by atoms with Crippen LogP contribution in [0.1, 0.15) is 33.9 Å². The van der Waals surface area contributed by atoms with Gasteiger partial charge in [0.15, 0.2) is 0 Å². The van der Waals surface area contributed by atoms with Gasteiger partial charge in [-0.3, -0.25) is 19.3 Å². The van der Waals surface area contributed by atoms with Gasteiger partial charge in [-0.1, -0.05) is 68.7 Å². The van der Waals surface area contributed by atoms with E-state index in [0.29, 0.717) is 17.3 Å². The number of hydrogen-bond acceptors (Lipinski definition) is 6. The van der Waals surface area contributed by atoms with Crippen LogP contribution in [0.15, 0.2) is 81.0 Å². The van der Waals surface area contributed by atoms with Crippen molar-refractivity contribution in [1.29, 1.82) is 0 Å². The molecule has 43 heavy (non-hydrogen) atoms. The highest BCUT2D eigenvalue weighted by molar-refractivity contribution is 9.10. The summed E-state index contributed by atoms with van der Waals surface area (Å²) in [6.45, 7) is 2.48. The van der Waals surface area contributed by atoms with Gasteiger partial charge in [-0.05, 0) is 79.1 Å². The van der Waals surface area contributed by atoms with Crippen LogP contribution in [0.2, 0.25) is 5.02 Å². The van der Waals surface area contributed by atoms with Crippen LogP contribution in [-0.2, 0) is 16.2 Å². The quantitative estimate of drug-likeness (QED) is 0.220. The predicted molar refractivity (Wildman–Crippen MR) is 172 cm³/mol. The molecule has 7 atom stereocenters. The fourth-order valence-electron chi connectivity index (χ4n) is 8.07. The van der Waals surface area contributed by atoms with Crippen molar-refractivity contribution in [2.24, 2.45) is 29.6 Å². The van der Waals surface area contributed by atoms with Crippen molar-refractivity contribution in [3.8, 4) is 5.75 Å². The number of fused-ring (bicyclic) bond motifs is 9. The molecule has 4 aromatic rings. The van der Waals surface area contributed by atoms with Crippen molar-refractivity contribution in [1.82, 2.24) is 4.98 Å². The number of hydrogen-bond donors (Lipinski definition) is 1. The van der Waals surface area contributed by atoms with Gasteiger partial charge in [0.2, 0.25) is 11.8 Å². The molecule has 0 radical (unpaired) electrons. The Morgan fingerprint density at radius 1 is 1.00 bits per heavy atom. The summed E-state index contributed by atoms with van der Waals surface area (Å²) in [5.74, 6) is -0.205. The molecule has 3 fully saturated rings. The number of aromatic amines is 1. The summed E-state index contributed by atoms with van der Waals surface area (Å²) in [6.07, 6.45) is 0.826. The number of rotatable bonds is 5. The number of ether oxygens (including phenoxy) is 1. The van der Waals surface area contributed by atoms with Gasteiger partial charge < -0.3 is 9.72 Å². The molecular formula is C33H26BrClN2O4S2. The highest BCUT2D eigenvalue weighted by atomic mass is 79.9. The summed E-state index contributed by atoms with van der Waals surface area (Å²) in [5, 5.41) is 1.53. The lowest BCUT2D eigenvalue weighted by Gasteiger charge is -2.43. The zero-order valence-electron chi connectivity index (χ0n) is 23.0. The van der Waals surface area contributed by atoms with Gasteiger partial charge >= 0.3 is 4.87 Å². The van der Waals surface area contributed by atoms with Crippen LogP contribution < -0.4 is 14.5 Å². The van der Waals surface area contributed by atoms with Crippen molar-refractivity contribution >= 4 is 68.1 Å². The second-order valence-corrected chi connectivity index (χ2v) is 15.5. The Kier molecular flexibility index (Phi) is 6.67. The third kappa shape index (κ3) is 4.37. The van der Waals surface area contributed by atoms with Crippen molar-refractivity contribution in [3.63, 3.8) is 0 Å². The Labute approximate surface area is 269 Å². The summed E-state index contributed by atoms with van der Waals surface area (Å²) >= 11 is 12.7. The Morgan fingerprint density at radius 2 is 1.77 bits per heavy atom. The minimum absolute atomic E-state index is 0.0141. The van der Waals surface area contributed by atoms with Crippen molar-refractivity contribution < 1.29 is 14.3 Å². The van der Waals surface area contributed by atoms with Gasteiger partial charge in [0, 0.05) is 31.1 Å². The Morgan fingerprint density at radius 3 is 2.53 bits per heavy atom. The van der Waals surface area contributed by atoms with Crippen LogP contribution >= 0.6 is 50.6 Å². The van der Waals surface area contributed by atoms with Gasteiger partial charge in [-0.15, -0.1) is 11.8 Å². The second kappa shape index (κ2) is 10.4. The molecule has 2 saturated carbocycles. The highest BCUT2D eigenvalue weighted by Gasteiger charge is 2.69. The van der Waals surface area contributed by atoms with E-state index in [2.05, 4.69) is 52.1 Å². The highest BCUT2D eigenvalue weighted by Crippen LogP contribution is 2.69. The number of imide groups is 1. The lowest BCUT2D eigenvalue weighted by atomic mass is 9.68. The molecule has 3 heterocycles. The zero-order valence-corrected chi connectivity index (χ0v) is 26.9. The summed E-state index contributed by atoms with van der Waals surface area (Å²) in [6, 6.07) is 21.2. The van der Waals surface area contributed by atoms with Gasteiger partial charge in [0.25, 0.3) is 0 Å². The first-order valence-electron chi connectivity index (χ1n) is 14.3. The smallest absolute Gasteiger partial charge is 0.305 e. The number of anilines is 1. The molecule has 3 aromatic carbocycles. The first-order valence-corrected chi connectivity index (χ1v) is 17.2. The number of thiazole rings is 1. The van der Waals surface area contributed by atoms with E-state index in [-0.39, 0.29) is 57.4 Å². The molecule has 8 rings (SSSR count). The summed E-state index contributed by atoms with van der Waals surface area (Å²) in [4.78, 5) is 46.0. The maximum absolute atomic E-state index is 14.0. The van der Waals surface area contributed by atoms with E-state index in [0.717, 1.165) is 37.7 Å². The van der Waals surface area contributed by atoms with Gasteiger partial charge in [0.05, 0.1) is 22.5 Å². The molecule has 0 spiro atoms. The predicted octanol–water partition coefficient (Wildman–Crippen LogP) is 7.42. The van der Waals surface area contributed by atoms with Crippen LogP contribution in [0.5, 0.6) is 5.75 Å². The Hall–Kier alpha value is -2.85. The van der Waals surface area contributed by atoms with E-state index in [1.165, 1.54) is 21.8 Å². The largest absolute Gasteiger partial charge is 0.489 e. The molecule has 2 amide bonds. The van der Waals surface area contributed by atoms with Crippen LogP contribution in [0.3, 0.4) is 0 Å². The fraction of sp³-hybridized carbons (Fsp3) is 0.303. The number of thioether (sulfide) groups is 1. The zero-order chi connectivity index (χ0) is 29.6. The van der Waals surface area contributed by atoms with Crippen molar-refractivity contribution in [2.75, 3.05) is 4.90 Å². The average Bonchev–Trinajstić information content (AvgIpc) is 3.72. The number of aromatic nitrogens is 1. The normalized spacial score (nSPS) is 28.6. The summed E-state index contributed by atoms with van der Waals surface area (Å²) in [7, 11) is 0. The number of nitrogens with zero attached hydrogens (tertiary/aromatic N) is 1. The number of H-pyrrole nitrogens is 1. The van der Waals surface area contributed by atoms with E-state index in [1.54, 1.807) is 36.0 Å². The van der Waals surface area contributed by atoms with E-state index < -0.39 is 0 Å². The minimum Gasteiger partial charge on any atom is -0.489 e. The number of aryl methyl sites for hydroxylation is 1. The van der Waals surface area contributed by atoms with Crippen LogP contribution in [-0.4, -0.2) is 22.0 Å². The van der Waals surface area contributed by atoms with Gasteiger partial charge in [-0.2, -0.15) is 0 Å². The minimum atomic E-state index is -0.376. The molecule has 5 unspecified atom stereocenters. The number of halogens is 2. The second-order valence-electron chi connectivity index (χ2n) is 11.9. The molecule has 1 saturated heterocycles. The third-order valence-corrected chi connectivity index (χ3v) is 12.9.